The Kier molecular flexibility index (Phi) is 4.06. The van der Waals surface area contributed by atoms with Crippen LogP contribution in [0.2, 0.25) is 0 Å². The lowest BCUT2D eigenvalue weighted by Crippen LogP contribution is -2.50. The maximum atomic E-state index is 11.4. The van der Waals surface area contributed by atoms with Crippen LogP contribution in [0.3, 0.4) is 0 Å². The number of nitro groups is 1. The highest BCUT2D eigenvalue weighted by Gasteiger charge is 2.36. The van der Waals surface area contributed by atoms with Gasteiger partial charge in [0, 0.05) is 30.9 Å². The van der Waals surface area contributed by atoms with Gasteiger partial charge in [0.05, 0.1) is 4.92 Å². The predicted octanol–water partition coefficient (Wildman–Crippen LogP) is 2.35. The minimum atomic E-state index is -1.06. The molecule has 0 radical (unpaired) electrons. The van der Waals surface area contributed by atoms with Crippen LogP contribution in [0, 0.1) is 16.0 Å². The van der Waals surface area contributed by atoms with E-state index in [-0.39, 0.29) is 17.6 Å². The lowest BCUT2D eigenvalue weighted by molar-refractivity contribution is -0.384. The third-order valence-electron chi connectivity index (χ3n) is 4.44. The number of hydrogen-bond acceptors (Lipinski definition) is 5. The average molecular weight is 320 g/mol. The number of carboxylic acid groups (broad SMARTS) is 1. The van der Waals surface area contributed by atoms with E-state index in [1.807, 2.05) is 11.8 Å². The minimum absolute atomic E-state index is 0.0116. The van der Waals surface area contributed by atoms with E-state index in [9.17, 15) is 14.9 Å². The number of carbonyl (C=O) groups is 1. The Morgan fingerprint density at radius 3 is 2.78 bits per heavy atom. The summed E-state index contributed by atoms with van der Waals surface area (Å²) in [5.74, 6) is 0.584. The van der Waals surface area contributed by atoms with Crippen molar-refractivity contribution in [3.8, 4) is 0 Å². The van der Waals surface area contributed by atoms with Crippen LogP contribution in [0.15, 0.2) is 12.4 Å². The van der Waals surface area contributed by atoms with E-state index >= 15 is 0 Å². The number of pyridine rings is 1. The third-order valence-corrected chi connectivity index (χ3v) is 4.44. The molecule has 8 heteroatoms. The fraction of sp³-hybridized carbons (Fsp3) is 0.600. The number of hydrogen-bond donors (Lipinski definition) is 2. The Bertz CT molecular complexity index is 632. The average Bonchev–Trinajstić information content (AvgIpc) is 3.29. The maximum absolute atomic E-state index is 11.4. The molecule has 0 bridgehead atoms. The van der Waals surface area contributed by atoms with E-state index in [4.69, 9.17) is 5.11 Å². The summed E-state index contributed by atoms with van der Waals surface area (Å²) < 4.78 is 0. The SMILES string of the molecule is C[C@@H]1C[C@H](NC(=O)O)CN(c2c(C3CC3)cncc2[N+](=O)[O-])C1. The molecule has 1 aromatic heterocycles. The Balaban J connectivity index is 1.95. The van der Waals surface area contributed by atoms with Gasteiger partial charge in [-0.25, -0.2) is 4.79 Å². The molecule has 3 rings (SSSR count). The van der Waals surface area contributed by atoms with Crippen LogP contribution in [-0.4, -0.2) is 40.2 Å². The van der Waals surface area contributed by atoms with E-state index < -0.39 is 11.0 Å². The summed E-state index contributed by atoms with van der Waals surface area (Å²) in [6.07, 6.45) is 4.74. The summed E-state index contributed by atoms with van der Waals surface area (Å²) >= 11 is 0. The number of nitrogens with one attached hydrogen (secondary N) is 1. The molecule has 2 N–H and O–H groups in total. The molecule has 1 amide bonds. The highest BCUT2D eigenvalue weighted by atomic mass is 16.6. The molecule has 0 spiro atoms. The Morgan fingerprint density at radius 2 is 2.17 bits per heavy atom. The fourth-order valence-electron chi connectivity index (χ4n) is 3.44. The molecule has 0 unspecified atom stereocenters. The Hall–Kier alpha value is -2.38. The van der Waals surface area contributed by atoms with Gasteiger partial charge < -0.3 is 15.3 Å². The van der Waals surface area contributed by atoms with E-state index in [1.54, 1.807) is 6.20 Å². The van der Waals surface area contributed by atoms with Gasteiger partial charge in [-0.2, -0.15) is 0 Å². The number of rotatable bonds is 4. The molecule has 1 aliphatic heterocycles. The van der Waals surface area contributed by atoms with E-state index in [2.05, 4.69) is 10.3 Å². The van der Waals surface area contributed by atoms with Crippen LogP contribution in [-0.2, 0) is 0 Å². The molecule has 8 nitrogen and oxygen atoms in total. The molecule has 1 aliphatic carbocycles. The van der Waals surface area contributed by atoms with E-state index in [1.165, 1.54) is 6.20 Å². The first kappa shape index (κ1) is 15.5. The van der Waals surface area contributed by atoms with Crippen molar-refractivity contribution in [2.75, 3.05) is 18.0 Å². The second-order valence-electron chi connectivity index (χ2n) is 6.52. The second kappa shape index (κ2) is 6.02. The number of anilines is 1. The van der Waals surface area contributed by atoms with Gasteiger partial charge in [0.1, 0.15) is 11.9 Å². The molecular weight excluding hydrogens is 300 g/mol. The van der Waals surface area contributed by atoms with Crippen molar-refractivity contribution in [1.82, 2.24) is 10.3 Å². The van der Waals surface area contributed by atoms with Crippen LogP contribution in [0.25, 0.3) is 0 Å². The van der Waals surface area contributed by atoms with E-state index in [0.717, 1.165) is 24.8 Å². The quantitative estimate of drug-likeness (QED) is 0.651. The van der Waals surface area contributed by atoms with Crippen molar-refractivity contribution in [3.63, 3.8) is 0 Å². The molecule has 1 saturated carbocycles. The highest BCUT2D eigenvalue weighted by Crippen LogP contribution is 2.47. The zero-order valence-corrected chi connectivity index (χ0v) is 12.9. The van der Waals surface area contributed by atoms with Crippen molar-refractivity contribution >= 4 is 17.5 Å². The summed E-state index contributed by atoms with van der Waals surface area (Å²) in [5, 5.41) is 22.9. The lowest BCUT2D eigenvalue weighted by Gasteiger charge is -2.38. The third kappa shape index (κ3) is 3.35. The predicted molar refractivity (Wildman–Crippen MR) is 83.8 cm³/mol. The molecule has 2 heterocycles. The topological polar surface area (TPSA) is 109 Å². The number of aromatic nitrogens is 1. The van der Waals surface area contributed by atoms with Crippen LogP contribution in [0.4, 0.5) is 16.2 Å². The van der Waals surface area contributed by atoms with Crippen molar-refractivity contribution in [2.45, 2.75) is 38.1 Å². The van der Waals surface area contributed by atoms with Crippen molar-refractivity contribution in [3.05, 3.63) is 28.1 Å². The standard InChI is InChI=1S/C15H20N4O4/c1-9-4-11(17-15(20)21)8-18(7-9)14-12(10-2-3-10)5-16-6-13(14)19(22)23/h5-6,9-11,17H,2-4,7-8H2,1H3,(H,20,21)/t9-,11+/m1/s1. The molecule has 2 aliphatic rings. The summed E-state index contributed by atoms with van der Waals surface area (Å²) in [6, 6.07) is -0.226. The molecule has 0 aromatic carbocycles. The second-order valence-corrected chi connectivity index (χ2v) is 6.52. The van der Waals surface area contributed by atoms with Gasteiger partial charge in [0.25, 0.3) is 0 Å². The lowest BCUT2D eigenvalue weighted by atomic mass is 9.94. The van der Waals surface area contributed by atoms with Crippen LogP contribution < -0.4 is 10.2 Å². The first-order valence-electron chi connectivity index (χ1n) is 7.82. The summed E-state index contributed by atoms with van der Waals surface area (Å²) in [7, 11) is 0. The van der Waals surface area contributed by atoms with Gasteiger partial charge in [-0.05, 0) is 31.1 Å². The van der Waals surface area contributed by atoms with Gasteiger partial charge in [-0.1, -0.05) is 6.92 Å². The monoisotopic (exact) mass is 320 g/mol. The molecule has 1 saturated heterocycles. The molecule has 2 atom stereocenters. The minimum Gasteiger partial charge on any atom is -0.465 e. The first-order valence-corrected chi connectivity index (χ1v) is 7.82. The molecular formula is C15H20N4O4. The Morgan fingerprint density at radius 1 is 1.43 bits per heavy atom. The normalized spacial score (nSPS) is 24.3. The van der Waals surface area contributed by atoms with Crippen LogP contribution in [0.5, 0.6) is 0 Å². The van der Waals surface area contributed by atoms with Gasteiger partial charge in [0.15, 0.2) is 0 Å². The highest BCUT2D eigenvalue weighted by molar-refractivity contribution is 5.69. The van der Waals surface area contributed by atoms with E-state index in [0.29, 0.717) is 24.7 Å². The molecule has 1 aromatic rings. The summed E-state index contributed by atoms with van der Waals surface area (Å²) in [4.78, 5) is 28.0. The zero-order chi connectivity index (χ0) is 16.6. The van der Waals surface area contributed by atoms with Crippen LogP contribution >= 0.6 is 0 Å². The molecule has 23 heavy (non-hydrogen) atoms. The zero-order valence-electron chi connectivity index (χ0n) is 12.9. The number of amides is 1. The van der Waals surface area contributed by atoms with Crippen molar-refractivity contribution in [2.24, 2.45) is 5.92 Å². The summed E-state index contributed by atoms with van der Waals surface area (Å²) in [5.41, 5.74) is 1.55. The molecule has 2 fully saturated rings. The first-order chi connectivity index (χ1) is 11.0. The number of piperidine rings is 1. The Labute approximate surface area is 133 Å². The number of nitrogens with zero attached hydrogens (tertiary/aromatic N) is 3. The smallest absolute Gasteiger partial charge is 0.404 e. The van der Waals surface area contributed by atoms with Gasteiger partial charge in [-0.15, -0.1) is 0 Å². The van der Waals surface area contributed by atoms with Crippen molar-refractivity contribution < 1.29 is 14.8 Å². The van der Waals surface area contributed by atoms with Gasteiger partial charge in [0.2, 0.25) is 0 Å². The molecule has 124 valence electrons. The fourth-order valence-corrected chi connectivity index (χ4v) is 3.44. The van der Waals surface area contributed by atoms with Crippen molar-refractivity contribution in [1.29, 1.82) is 0 Å². The van der Waals surface area contributed by atoms with Crippen LogP contribution in [0.1, 0.15) is 37.7 Å². The maximum Gasteiger partial charge on any atom is 0.404 e. The largest absolute Gasteiger partial charge is 0.465 e. The summed E-state index contributed by atoms with van der Waals surface area (Å²) in [6.45, 7) is 3.16. The van der Waals surface area contributed by atoms with Gasteiger partial charge in [-0.3, -0.25) is 15.1 Å². The van der Waals surface area contributed by atoms with Gasteiger partial charge >= 0.3 is 11.8 Å².